The van der Waals surface area contributed by atoms with E-state index in [9.17, 15) is 0 Å². The van der Waals surface area contributed by atoms with Crippen LogP contribution < -0.4 is 10.4 Å². The molecule has 1 aliphatic rings. The summed E-state index contributed by atoms with van der Waals surface area (Å²) in [6, 6.07) is 62.9. The maximum Gasteiger partial charge on any atom is 0.164 e. The Morgan fingerprint density at radius 1 is 0.321 bits per heavy atom. The van der Waals surface area contributed by atoms with Crippen LogP contribution >= 0.6 is 0 Å². The monoisotopic (exact) mass is 693 g/mol. The van der Waals surface area contributed by atoms with Gasteiger partial charge >= 0.3 is 0 Å². The first-order chi connectivity index (χ1) is 26.0. The lowest BCUT2D eigenvalue weighted by Crippen LogP contribution is -2.49. The molecular formula is C49H35N3Si. The van der Waals surface area contributed by atoms with E-state index in [-0.39, 0.29) is 0 Å². The van der Waals surface area contributed by atoms with Gasteiger partial charge in [-0.05, 0) is 83.5 Å². The van der Waals surface area contributed by atoms with Crippen LogP contribution in [0.4, 0.5) is 0 Å². The van der Waals surface area contributed by atoms with Crippen molar-refractivity contribution in [1.29, 1.82) is 0 Å². The maximum absolute atomic E-state index is 5.31. The predicted molar refractivity (Wildman–Crippen MR) is 224 cm³/mol. The number of nitrogens with zero attached hydrogens (tertiary/aromatic N) is 3. The number of aromatic nitrogens is 3. The third kappa shape index (κ3) is 5.22. The molecule has 0 bridgehead atoms. The largest absolute Gasteiger partial charge is 0.208 e. The van der Waals surface area contributed by atoms with Crippen molar-refractivity contribution in [2.45, 2.75) is 13.1 Å². The molecule has 0 unspecified atom stereocenters. The Morgan fingerprint density at radius 2 is 0.830 bits per heavy atom. The third-order valence-corrected chi connectivity index (χ3v) is 14.5. The Labute approximate surface area is 310 Å². The van der Waals surface area contributed by atoms with E-state index in [2.05, 4.69) is 189 Å². The number of hydrogen-bond acceptors (Lipinski definition) is 3. The van der Waals surface area contributed by atoms with Crippen LogP contribution in [0.3, 0.4) is 0 Å². The zero-order valence-electron chi connectivity index (χ0n) is 29.6. The van der Waals surface area contributed by atoms with E-state index in [1.165, 1.54) is 43.4 Å². The van der Waals surface area contributed by atoms with Crippen LogP contribution in [0, 0.1) is 0 Å². The van der Waals surface area contributed by atoms with Gasteiger partial charge in [0.15, 0.2) is 17.5 Å². The van der Waals surface area contributed by atoms with Gasteiger partial charge in [-0.2, -0.15) is 0 Å². The minimum atomic E-state index is -1.91. The highest BCUT2D eigenvalue weighted by molar-refractivity contribution is 7.04. The van der Waals surface area contributed by atoms with Crippen molar-refractivity contribution >= 4 is 40.0 Å². The van der Waals surface area contributed by atoms with E-state index in [0.29, 0.717) is 17.5 Å². The lowest BCUT2D eigenvalue weighted by molar-refractivity contribution is 1.08. The number of benzene rings is 8. The van der Waals surface area contributed by atoms with Gasteiger partial charge in [-0.3, -0.25) is 0 Å². The molecule has 8 aromatic carbocycles. The van der Waals surface area contributed by atoms with Gasteiger partial charge in [-0.15, -0.1) is 0 Å². The first-order valence-corrected chi connectivity index (χ1v) is 21.2. The molecule has 2 heterocycles. The SMILES string of the molecule is C[Si]1(C)c2ccc(-c3nc(-c4ccccc4-c4ccccc4)nc(-c4ccc(-c5ccccc5)c5ccccc45)n3)cc2-c2cc3ccccc3cc21. The van der Waals surface area contributed by atoms with Gasteiger partial charge in [-0.25, -0.2) is 15.0 Å². The molecule has 250 valence electrons. The molecule has 1 aromatic heterocycles. The molecule has 4 heteroatoms. The minimum Gasteiger partial charge on any atom is -0.208 e. The summed E-state index contributed by atoms with van der Waals surface area (Å²) >= 11 is 0. The molecule has 9 aromatic rings. The van der Waals surface area contributed by atoms with E-state index < -0.39 is 8.07 Å². The second kappa shape index (κ2) is 12.3. The highest BCUT2D eigenvalue weighted by Crippen LogP contribution is 2.38. The molecule has 1 aliphatic heterocycles. The Morgan fingerprint density at radius 3 is 1.55 bits per heavy atom. The summed E-state index contributed by atoms with van der Waals surface area (Å²) < 4.78 is 0. The third-order valence-electron chi connectivity index (χ3n) is 10.9. The van der Waals surface area contributed by atoms with Crippen LogP contribution in [0.25, 0.3) is 89.1 Å². The summed E-state index contributed by atoms with van der Waals surface area (Å²) in [5, 5.41) is 7.78. The topological polar surface area (TPSA) is 38.7 Å². The number of hydrogen-bond donors (Lipinski definition) is 0. The molecule has 53 heavy (non-hydrogen) atoms. The number of fused-ring (bicyclic) bond motifs is 5. The van der Waals surface area contributed by atoms with Crippen molar-refractivity contribution in [3.05, 3.63) is 176 Å². The van der Waals surface area contributed by atoms with E-state index in [1.54, 1.807) is 0 Å². The lowest BCUT2D eigenvalue weighted by atomic mass is 9.94. The van der Waals surface area contributed by atoms with Crippen molar-refractivity contribution in [3.63, 3.8) is 0 Å². The summed E-state index contributed by atoms with van der Waals surface area (Å²) in [7, 11) is -1.91. The van der Waals surface area contributed by atoms with Crippen LogP contribution in [-0.2, 0) is 0 Å². The van der Waals surface area contributed by atoms with Gasteiger partial charge in [0.1, 0.15) is 8.07 Å². The predicted octanol–water partition coefficient (Wildman–Crippen LogP) is 11.3. The molecule has 0 radical (unpaired) electrons. The summed E-state index contributed by atoms with van der Waals surface area (Å²) in [5.74, 6) is 1.98. The van der Waals surface area contributed by atoms with Crippen LogP contribution in [0.1, 0.15) is 0 Å². The molecule has 3 nitrogen and oxygen atoms in total. The maximum atomic E-state index is 5.31. The Bertz CT molecular complexity index is 2860. The smallest absolute Gasteiger partial charge is 0.164 e. The Hall–Kier alpha value is -6.49. The van der Waals surface area contributed by atoms with Crippen LogP contribution in [-0.4, -0.2) is 23.0 Å². The average molecular weight is 694 g/mol. The molecule has 10 rings (SSSR count). The molecule has 0 fully saturated rings. The van der Waals surface area contributed by atoms with Gasteiger partial charge < -0.3 is 0 Å². The van der Waals surface area contributed by atoms with Gasteiger partial charge in [0.25, 0.3) is 0 Å². The van der Waals surface area contributed by atoms with Crippen LogP contribution in [0.15, 0.2) is 176 Å². The van der Waals surface area contributed by atoms with Gasteiger partial charge in [0.2, 0.25) is 0 Å². The number of rotatable bonds is 5. The van der Waals surface area contributed by atoms with Crippen molar-refractivity contribution in [3.8, 4) is 67.5 Å². The summed E-state index contributed by atoms with van der Waals surface area (Å²) in [6.45, 7) is 4.94. The van der Waals surface area contributed by atoms with Gasteiger partial charge in [0.05, 0.1) is 0 Å². The van der Waals surface area contributed by atoms with Crippen molar-refractivity contribution in [2.24, 2.45) is 0 Å². The van der Waals surface area contributed by atoms with Gasteiger partial charge in [-0.1, -0.05) is 171 Å². The van der Waals surface area contributed by atoms with Gasteiger partial charge in [0, 0.05) is 16.7 Å². The lowest BCUT2D eigenvalue weighted by Gasteiger charge is -2.19. The normalized spacial score (nSPS) is 12.9. The highest BCUT2D eigenvalue weighted by Gasteiger charge is 2.38. The first kappa shape index (κ1) is 31.3. The molecule has 0 saturated heterocycles. The van der Waals surface area contributed by atoms with E-state index in [4.69, 9.17) is 15.0 Å². The molecule has 0 aliphatic carbocycles. The second-order valence-electron chi connectivity index (χ2n) is 14.4. The van der Waals surface area contributed by atoms with E-state index >= 15 is 0 Å². The molecule has 0 N–H and O–H groups in total. The van der Waals surface area contributed by atoms with Crippen molar-refractivity contribution in [1.82, 2.24) is 15.0 Å². The Kier molecular flexibility index (Phi) is 7.27. The van der Waals surface area contributed by atoms with Crippen LogP contribution in [0.5, 0.6) is 0 Å². The summed E-state index contributed by atoms with van der Waals surface area (Å²) in [5.41, 5.74) is 10.2. The summed E-state index contributed by atoms with van der Waals surface area (Å²) in [6.07, 6.45) is 0. The van der Waals surface area contributed by atoms with E-state index in [1.807, 2.05) is 0 Å². The average Bonchev–Trinajstić information content (AvgIpc) is 3.44. The molecule has 0 atom stereocenters. The second-order valence-corrected chi connectivity index (χ2v) is 18.7. The fraction of sp³-hybridized carbons (Fsp3) is 0.0408. The fourth-order valence-corrected chi connectivity index (χ4v) is 11.3. The minimum absolute atomic E-state index is 0.655. The van der Waals surface area contributed by atoms with Crippen LogP contribution in [0.2, 0.25) is 13.1 Å². The molecule has 0 amide bonds. The van der Waals surface area contributed by atoms with Crippen molar-refractivity contribution < 1.29 is 0 Å². The first-order valence-electron chi connectivity index (χ1n) is 18.2. The fourth-order valence-electron chi connectivity index (χ4n) is 8.23. The standard InChI is InChI=1S/C49H35N3Si/c1-53(2)45-28-25-36(30-43(45)44-29-34-19-9-10-20-35(34)31-46(44)53)47-50-48(41-24-14-11-21-37(41)32-15-5-3-6-16-32)52-49(51-47)42-27-26-38(33-17-7-4-8-18-33)39-22-12-13-23-40(39)42/h3-31H,1-2H3. The molecular weight excluding hydrogens is 659 g/mol. The molecule has 0 saturated carbocycles. The quantitative estimate of drug-likeness (QED) is 0.168. The summed E-state index contributed by atoms with van der Waals surface area (Å²) in [4.78, 5) is 15.9. The zero-order valence-corrected chi connectivity index (χ0v) is 30.6. The zero-order chi connectivity index (χ0) is 35.5. The molecule has 0 spiro atoms. The Balaban J connectivity index is 1.21. The van der Waals surface area contributed by atoms with E-state index in [0.717, 1.165) is 38.6 Å². The van der Waals surface area contributed by atoms with Crippen molar-refractivity contribution in [2.75, 3.05) is 0 Å². The highest BCUT2D eigenvalue weighted by atomic mass is 28.3.